The second-order valence-electron chi connectivity index (χ2n) is 5.65. The fourth-order valence-corrected chi connectivity index (χ4v) is 2.61. The normalized spacial score (nSPS) is 11.0. The fraction of sp³-hybridized carbons (Fsp3) is 0.158. The first kappa shape index (κ1) is 17.8. The van der Waals surface area contributed by atoms with Crippen molar-refractivity contribution in [2.75, 3.05) is 12.8 Å². The quantitative estimate of drug-likeness (QED) is 0.668. The fourth-order valence-electron chi connectivity index (χ4n) is 2.43. The van der Waals surface area contributed by atoms with Crippen LogP contribution in [0.3, 0.4) is 0 Å². The van der Waals surface area contributed by atoms with Crippen LogP contribution in [0.5, 0.6) is 11.5 Å². The van der Waals surface area contributed by atoms with Crippen LogP contribution in [0.15, 0.2) is 53.8 Å². The number of methoxy groups -OCH3 is 1. The molecule has 6 nitrogen and oxygen atoms in total. The zero-order valence-electron chi connectivity index (χ0n) is 14.5. The Bertz CT molecular complexity index is 937. The van der Waals surface area contributed by atoms with E-state index in [-0.39, 0.29) is 0 Å². The van der Waals surface area contributed by atoms with Crippen LogP contribution >= 0.6 is 11.6 Å². The van der Waals surface area contributed by atoms with E-state index in [9.17, 15) is 0 Å². The second-order valence-corrected chi connectivity index (χ2v) is 6.08. The summed E-state index contributed by atoms with van der Waals surface area (Å²) in [5.41, 5.74) is 8.39. The minimum Gasteiger partial charge on any atom is -0.496 e. The minimum atomic E-state index is 0.344. The van der Waals surface area contributed by atoms with Gasteiger partial charge in [0.25, 0.3) is 0 Å². The first-order valence-electron chi connectivity index (χ1n) is 7.96. The third-order valence-electron chi connectivity index (χ3n) is 3.66. The maximum Gasteiger partial charge on any atom is 0.221 e. The van der Waals surface area contributed by atoms with Crippen LogP contribution in [-0.4, -0.2) is 23.0 Å². The zero-order chi connectivity index (χ0) is 18.5. The molecule has 0 radical (unpaired) electrons. The number of hydrogen-bond acceptors (Lipinski definition) is 5. The molecule has 0 atom stereocenters. The standard InChI is InChI=1S/C19H19ClN4O2/c1-13-11-24(19(21)23-13)22-10-14-6-7-18(25-2)15(8-14)12-26-17-5-3-4-16(20)9-17/h3-11H,12H2,1-2H3,(H2,21,23). The van der Waals surface area contributed by atoms with E-state index < -0.39 is 0 Å². The molecule has 3 rings (SSSR count). The molecule has 1 heterocycles. The molecule has 2 N–H and O–H groups in total. The van der Waals surface area contributed by atoms with Crippen LogP contribution in [0.4, 0.5) is 5.95 Å². The van der Waals surface area contributed by atoms with Gasteiger partial charge in [-0.25, -0.2) is 9.66 Å². The summed E-state index contributed by atoms with van der Waals surface area (Å²) in [6.45, 7) is 2.21. The average molecular weight is 371 g/mol. The van der Waals surface area contributed by atoms with Crippen molar-refractivity contribution >= 4 is 23.8 Å². The third kappa shape index (κ3) is 4.34. The number of aromatic nitrogens is 2. The number of aryl methyl sites for hydroxylation is 1. The zero-order valence-corrected chi connectivity index (χ0v) is 15.3. The molecule has 0 saturated heterocycles. The summed E-state index contributed by atoms with van der Waals surface area (Å²) in [4.78, 5) is 4.11. The number of rotatable bonds is 6. The summed E-state index contributed by atoms with van der Waals surface area (Å²) < 4.78 is 12.8. The van der Waals surface area contributed by atoms with Gasteiger partial charge in [-0.05, 0) is 48.9 Å². The lowest BCUT2D eigenvalue weighted by atomic mass is 10.1. The van der Waals surface area contributed by atoms with Crippen molar-refractivity contribution in [3.63, 3.8) is 0 Å². The number of benzene rings is 2. The van der Waals surface area contributed by atoms with Crippen molar-refractivity contribution in [2.24, 2.45) is 5.10 Å². The Labute approximate surface area is 156 Å². The lowest BCUT2D eigenvalue weighted by molar-refractivity contribution is 0.296. The number of ether oxygens (including phenoxy) is 2. The predicted octanol–water partition coefficient (Wildman–Crippen LogP) is 3.90. The molecule has 134 valence electrons. The molecule has 0 fully saturated rings. The summed E-state index contributed by atoms with van der Waals surface area (Å²) in [5, 5.41) is 4.96. The van der Waals surface area contributed by atoms with Gasteiger partial charge in [0.15, 0.2) is 0 Å². The molecule has 7 heteroatoms. The van der Waals surface area contributed by atoms with Crippen molar-refractivity contribution in [1.82, 2.24) is 9.66 Å². The van der Waals surface area contributed by atoms with Crippen LogP contribution in [0.1, 0.15) is 16.8 Å². The highest BCUT2D eigenvalue weighted by Gasteiger charge is 2.06. The highest BCUT2D eigenvalue weighted by Crippen LogP contribution is 2.23. The summed E-state index contributed by atoms with van der Waals surface area (Å²) >= 11 is 5.98. The highest BCUT2D eigenvalue weighted by atomic mass is 35.5. The Kier molecular flexibility index (Phi) is 5.43. The number of anilines is 1. The molecule has 0 saturated carbocycles. The predicted molar refractivity (Wildman–Crippen MR) is 103 cm³/mol. The molecule has 0 amide bonds. The lowest BCUT2D eigenvalue weighted by Crippen LogP contribution is -2.01. The number of hydrogen-bond donors (Lipinski definition) is 1. The maximum atomic E-state index is 5.98. The van der Waals surface area contributed by atoms with Crippen molar-refractivity contribution in [2.45, 2.75) is 13.5 Å². The molecule has 3 aromatic rings. The molecule has 0 spiro atoms. The summed E-state index contributed by atoms with van der Waals surface area (Å²) in [7, 11) is 1.63. The van der Waals surface area contributed by atoms with Gasteiger partial charge in [0.2, 0.25) is 5.95 Å². The first-order valence-corrected chi connectivity index (χ1v) is 8.34. The summed E-state index contributed by atoms with van der Waals surface area (Å²) in [6, 6.07) is 13.0. The Morgan fingerprint density at radius 2 is 2.12 bits per heavy atom. The van der Waals surface area contributed by atoms with Gasteiger partial charge in [-0.3, -0.25) is 0 Å². The van der Waals surface area contributed by atoms with Gasteiger partial charge in [-0.15, -0.1) is 0 Å². The van der Waals surface area contributed by atoms with E-state index in [1.54, 1.807) is 31.7 Å². The molecule has 0 aliphatic carbocycles. The van der Waals surface area contributed by atoms with Crippen LogP contribution in [0.2, 0.25) is 5.02 Å². The van der Waals surface area contributed by atoms with Gasteiger partial charge in [0.05, 0.1) is 25.2 Å². The molecule has 0 aliphatic rings. The smallest absolute Gasteiger partial charge is 0.221 e. The van der Waals surface area contributed by atoms with E-state index in [4.69, 9.17) is 26.8 Å². The number of nitrogen functional groups attached to an aromatic ring is 1. The van der Waals surface area contributed by atoms with Crippen LogP contribution in [-0.2, 0) is 6.61 Å². The monoisotopic (exact) mass is 370 g/mol. The Morgan fingerprint density at radius 3 is 2.81 bits per heavy atom. The molecule has 0 aliphatic heterocycles. The number of halogens is 1. The van der Waals surface area contributed by atoms with Crippen molar-refractivity contribution < 1.29 is 9.47 Å². The molecule has 0 bridgehead atoms. The largest absolute Gasteiger partial charge is 0.496 e. The van der Waals surface area contributed by atoms with Gasteiger partial charge >= 0.3 is 0 Å². The van der Waals surface area contributed by atoms with Gasteiger partial charge in [0, 0.05) is 10.6 Å². The van der Waals surface area contributed by atoms with Gasteiger partial charge in [0.1, 0.15) is 18.1 Å². The van der Waals surface area contributed by atoms with Gasteiger partial charge in [-0.1, -0.05) is 17.7 Å². The Morgan fingerprint density at radius 1 is 1.27 bits per heavy atom. The van der Waals surface area contributed by atoms with Crippen molar-refractivity contribution in [3.8, 4) is 11.5 Å². The molecular weight excluding hydrogens is 352 g/mol. The van der Waals surface area contributed by atoms with E-state index in [0.717, 1.165) is 22.6 Å². The molecular formula is C19H19ClN4O2. The van der Waals surface area contributed by atoms with E-state index in [1.165, 1.54) is 4.68 Å². The summed E-state index contributed by atoms with van der Waals surface area (Å²) in [5.74, 6) is 1.78. The van der Waals surface area contributed by atoms with Gasteiger partial charge < -0.3 is 15.2 Å². The van der Waals surface area contributed by atoms with Crippen LogP contribution in [0.25, 0.3) is 0 Å². The van der Waals surface area contributed by atoms with E-state index in [0.29, 0.717) is 23.3 Å². The lowest BCUT2D eigenvalue weighted by Gasteiger charge is -2.11. The molecule has 0 unspecified atom stereocenters. The van der Waals surface area contributed by atoms with E-state index in [2.05, 4.69) is 10.1 Å². The first-order chi connectivity index (χ1) is 12.5. The molecule has 2 aromatic carbocycles. The number of nitrogens with two attached hydrogens (primary N) is 1. The van der Waals surface area contributed by atoms with Crippen LogP contribution < -0.4 is 15.2 Å². The third-order valence-corrected chi connectivity index (χ3v) is 3.90. The maximum absolute atomic E-state index is 5.98. The van der Waals surface area contributed by atoms with E-state index in [1.807, 2.05) is 37.3 Å². The SMILES string of the molecule is COc1ccc(C=Nn2cc(C)nc2N)cc1COc1cccc(Cl)c1. The topological polar surface area (TPSA) is 74.7 Å². The van der Waals surface area contributed by atoms with Crippen LogP contribution in [0, 0.1) is 6.92 Å². The molecule has 26 heavy (non-hydrogen) atoms. The average Bonchev–Trinajstić information content (AvgIpc) is 2.95. The molecule has 1 aromatic heterocycles. The van der Waals surface area contributed by atoms with Crippen molar-refractivity contribution in [1.29, 1.82) is 0 Å². The Balaban J connectivity index is 1.78. The Hall–Kier alpha value is -2.99. The van der Waals surface area contributed by atoms with Crippen molar-refractivity contribution in [3.05, 3.63) is 70.5 Å². The van der Waals surface area contributed by atoms with Gasteiger partial charge in [-0.2, -0.15) is 5.10 Å². The summed E-state index contributed by atoms with van der Waals surface area (Å²) in [6.07, 6.45) is 3.47. The number of nitrogens with zero attached hydrogens (tertiary/aromatic N) is 3. The highest BCUT2D eigenvalue weighted by molar-refractivity contribution is 6.30. The number of imidazole rings is 1. The van der Waals surface area contributed by atoms with E-state index >= 15 is 0 Å². The second kappa shape index (κ2) is 7.93. The minimum absolute atomic E-state index is 0.344.